The summed E-state index contributed by atoms with van der Waals surface area (Å²) in [5.41, 5.74) is 5.43. The van der Waals surface area contributed by atoms with Crippen LogP contribution in [0.1, 0.15) is 31.2 Å². The van der Waals surface area contributed by atoms with Crippen molar-refractivity contribution in [1.82, 2.24) is 5.32 Å². The largest absolute Gasteiger partial charge is 0.349 e. The van der Waals surface area contributed by atoms with Crippen LogP contribution < -0.4 is 11.1 Å². The second-order valence-electron chi connectivity index (χ2n) is 5.15. The van der Waals surface area contributed by atoms with E-state index in [0.717, 1.165) is 43.9 Å². The lowest BCUT2D eigenvalue weighted by Crippen LogP contribution is -2.52. The van der Waals surface area contributed by atoms with E-state index in [-0.39, 0.29) is 35.8 Å². The monoisotopic (exact) mass is 304 g/mol. The average molecular weight is 305 g/mol. The van der Waals surface area contributed by atoms with Crippen molar-refractivity contribution < 1.29 is 13.6 Å². The van der Waals surface area contributed by atoms with Gasteiger partial charge < -0.3 is 11.1 Å². The fraction of sp³-hybridized carbons (Fsp3) is 0.500. The van der Waals surface area contributed by atoms with E-state index in [1.165, 1.54) is 0 Å². The summed E-state index contributed by atoms with van der Waals surface area (Å²) in [5.74, 6) is -1.42. The Bertz CT molecular complexity index is 476. The SMILES string of the molecule is Cl.NCC1(NC(=O)Cc2cc(F)ccc2F)CCCC1. The van der Waals surface area contributed by atoms with Crippen molar-refractivity contribution in [2.45, 2.75) is 37.6 Å². The van der Waals surface area contributed by atoms with E-state index >= 15 is 0 Å². The third kappa shape index (κ3) is 3.90. The molecular formula is C14H19ClF2N2O. The Morgan fingerprint density at radius 1 is 1.30 bits per heavy atom. The first-order valence-electron chi connectivity index (χ1n) is 6.50. The van der Waals surface area contributed by atoms with Crippen molar-refractivity contribution in [2.75, 3.05) is 6.54 Å². The van der Waals surface area contributed by atoms with E-state index in [0.29, 0.717) is 6.54 Å². The molecule has 1 aromatic carbocycles. The number of rotatable bonds is 4. The highest BCUT2D eigenvalue weighted by molar-refractivity contribution is 5.85. The Labute approximate surface area is 123 Å². The fourth-order valence-corrected chi connectivity index (χ4v) is 2.62. The van der Waals surface area contributed by atoms with Gasteiger partial charge in [-0.05, 0) is 31.0 Å². The normalized spacial score (nSPS) is 16.6. The minimum atomic E-state index is -0.565. The van der Waals surface area contributed by atoms with E-state index in [1.807, 2.05) is 0 Å². The van der Waals surface area contributed by atoms with Crippen molar-refractivity contribution in [2.24, 2.45) is 5.73 Å². The van der Waals surface area contributed by atoms with Gasteiger partial charge in [0.25, 0.3) is 0 Å². The molecule has 0 saturated heterocycles. The second-order valence-corrected chi connectivity index (χ2v) is 5.15. The number of benzene rings is 1. The maximum atomic E-state index is 13.4. The van der Waals surface area contributed by atoms with E-state index in [9.17, 15) is 13.6 Å². The molecule has 0 atom stereocenters. The van der Waals surface area contributed by atoms with Gasteiger partial charge in [0.1, 0.15) is 11.6 Å². The number of carbonyl (C=O) groups is 1. The lowest BCUT2D eigenvalue weighted by atomic mass is 9.97. The molecule has 20 heavy (non-hydrogen) atoms. The summed E-state index contributed by atoms with van der Waals surface area (Å²) >= 11 is 0. The van der Waals surface area contributed by atoms with E-state index < -0.39 is 11.6 Å². The standard InChI is InChI=1S/C14H18F2N2O.ClH/c15-11-3-4-12(16)10(7-11)8-13(19)18-14(9-17)5-1-2-6-14;/h3-4,7H,1-2,5-6,8-9,17H2,(H,18,19);1H. The highest BCUT2D eigenvalue weighted by Crippen LogP contribution is 2.28. The quantitative estimate of drug-likeness (QED) is 0.897. The van der Waals surface area contributed by atoms with Gasteiger partial charge in [-0.2, -0.15) is 0 Å². The summed E-state index contributed by atoms with van der Waals surface area (Å²) in [6.07, 6.45) is 3.60. The Kier molecular flexibility index (Phi) is 5.89. The first kappa shape index (κ1) is 16.9. The second kappa shape index (κ2) is 6.99. The summed E-state index contributed by atoms with van der Waals surface area (Å²) in [5, 5.41) is 2.88. The Morgan fingerprint density at radius 3 is 2.55 bits per heavy atom. The van der Waals surface area contributed by atoms with E-state index in [2.05, 4.69) is 5.32 Å². The maximum Gasteiger partial charge on any atom is 0.225 e. The molecule has 0 aromatic heterocycles. The van der Waals surface area contributed by atoms with Crippen LogP contribution in [-0.4, -0.2) is 18.0 Å². The number of halogens is 3. The van der Waals surface area contributed by atoms with Gasteiger partial charge in [0.15, 0.2) is 0 Å². The number of hydrogen-bond acceptors (Lipinski definition) is 2. The molecule has 0 heterocycles. The van der Waals surface area contributed by atoms with Crippen molar-refractivity contribution in [3.63, 3.8) is 0 Å². The van der Waals surface area contributed by atoms with Gasteiger partial charge in [0, 0.05) is 12.1 Å². The molecule has 112 valence electrons. The van der Waals surface area contributed by atoms with Crippen LogP contribution in [0.2, 0.25) is 0 Å². The zero-order valence-corrected chi connectivity index (χ0v) is 11.9. The first-order chi connectivity index (χ1) is 9.04. The van der Waals surface area contributed by atoms with Crippen LogP contribution in [0.5, 0.6) is 0 Å². The summed E-state index contributed by atoms with van der Waals surface area (Å²) in [7, 11) is 0. The van der Waals surface area contributed by atoms with Gasteiger partial charge in [-0.1, -0.05) is 12.8 Å². The third-order valence-electron chi connectivity index (χ3n) is 3.71. The molecule has 1 aliphatic carbocycles. The molecule has 1 aromatic rings. The zero-order valence-electron chi connectivity index (χ0n) is 11.1. The summed E-state index contributed by atoms with van der Waals surface area (Å²) in [6, 6.07) is 3.12. The number of nitrogens with two attached hydrogens (primary N) is 1. The molecule has 1 fully saturated rings. The minimum Gasteiger partial charge on any atom is -0.349 e. The first-order valence-corrected chi connectivity index (χ1v) is 6.50. The molecule has 1 aliphatic rings. The highest BCUT2D eigenvalue weighted by atomic mass is 35.5. The van der Waals surface area contributed by atoms with E-state index in [4.69, 9.17) is 5.73 Å². The van der Waals surface area contributed by atoms with Gasteiger partial charge in [0.05, 0.1) is 12.0 Å². The third-order valence-corrected chi connectivity index (χ3v) is 3.71. The smallest absolute Gasteiger partial charge is 0.225 e. The van der Waals surface area contributed by atoms with Gasteiger partial charge in [-0.15, -0.1) is 12.4 Å². The number of nitrogens with one attached hydrogen (secondary N) is 1. The lowest BCUT2D eigenvalue weighted by Gasteiger charge is -2.28. The van der Waals surface area contributed by atoms with Crippen LogP contribution in [0.15, 0.2) is 18.2 Å². The fourth-order valence-electron chi connectivity index (χ4n) is 2.62. The Hall–Kier alpha value is -1.20. The van der Waals surface area contributed by atoms with Gasteiger partial charge in [-0.25, -0.2) is 8.78 Å². The molecule has 3 N–H and O–H groups in total. The highest BCUT2D eigenvalue weighted by Gasteiger charge is 2.33. The molecule has 3 nitrogen and oxygen atoms in total. The average Bonchev–Trinajstić information content (AvgIpc) is 2.83. The number of carbonyl (C=O) groups excluding carboxylic acids is 1. The minimum absolute atomic E-state index is 0. The maximum absolute atomic E-state index is 13.4. The summed E-state index contributed by atoms with van der Waals surface area (Å²) in [6.45, 7) is 0.379. The van der Waals surface area contributed by atoms with Crippen LogP contribution in [0, 0.1) is 11.6 Å². The van der Waals surface area contributed by atoms with E-state index in [1.54, 1.807) is 0 Å². The van der Waals surface area contributed by atoms with Crippen molar-refractivity contribution in [3.05, 3.63) is 35.4 Å². The Morgan fingerprint density at radius 2 is 1.95 bits per heavy atom. The van der Waals surface area contributed by atoms with Crippen LogP contribution >= 0.6 is 12.4 Å². The molecule has 1 amide bonds. The van der Waals surface area contributed by atoms with Crippen LogP contribution in [0.3, 0.4) is 0 Å². The predicted octanol–water partition coefficient (Wildman–Crippen LogP) is 2.32. The molecule has 0 unspecified atom stereocenters. The van der Waals surface area contributed by atoms with Crippen molar-refractivity contribution >= 4 is 18.3 Å². The lowest BCUT2D eigenvalue weighted by molar-refractivity contribution is -0.122. The molecule has 0 aliphatic heterocycles. The number of hydrogen-bond donors (Lipinski definition) is 2. The van der Waals surface area contributed by atoms with Crippen LogP contribution in [-0.2, 0) is 11.2 Å². The molecule has 0 bridgehead atoms. The van der Waals surface area contributed by atoms with Gasteiger partial charge >= 0.3 is 0 Å². The van der Waals surface area contributed by atoms with Crippen LogP contribution in [0.25, 0.3) is 0 Å². The summed E-state index contributed by atoms with van der Waals surface area (Å²) in [4.78, 5) is 11.9. The van der Waals surface area contributed by atoms with Gasteiger partial charge in [0.2, 0.25) is 5.91 Å². The topological polar surface area (TPSA) is 55.1 Å². The molecule has 0 radical (unpaired) electrons. The van der Waals surface area contributed by atoms with Crippen molar-refractivity contribution in [3.8, 4) is 0 Å². The zero-order chi connectivity index (χ0) is 13.9. The molecule has 2 rings (SSSR count). The number of amides is 1. The predicted molar refractivity (Wildman–Crippen MR) is 75.7 cm³/mol. The molecule has 1 saturated carbocycles. The summed E-state index contributed by atoms with van der Waals surface area (Å²) < 4.78 is 26.5. The molecule has 0 spiro atoms. The molecular weight excluding hydrogens is 286 g/mol. The van der Waals surface area contributed by atoms with Gasteiger partial charge in [-0.3, -0.25) is 4.79 Å². The molecule has 6 heteroatoms. The Balaban J connectivity index is 0.00000200. The van der Waals surface area contributed by atoms with Crippen molar-refractivity contribution in [1.29, 1.82) is 0 Å². The van der Waals surface area contributed by atoms with Crippen LogP contribution in [0.4, 0.5) is 8.78 Å².